The van der Waals surface area contributed by atoms with Gasteiger partial charge < -0.3 is 4.74 Å². The van der Waals surface area contributed by atoms with Gasteiger partial charge in [0.1, 0.15) is 5.75 Å². The van der Waals surface area contributed by atoms with Crippen molar-refractivity contribution >= 4 is 0 Å². The van der Waals surface area contributed by atoms with E-state index in [0.29, 0.717) is 11.3 Å². The minimum atomic E-state index is -0.0165. The Labute approximate surface area is 84.4 Å². The fourth-order valence-electron chi connectivity index (χ4n) is 1.15. The van der Waals surface area contributed by atoms with Gasteiger partial charge in [0.15, 0.2) is 0 Å². The molecule has 71 valence electrons. The maximum Gasteiger partial charge on any atom is 0.120 e. The predicted molar refractivity (Wildman–Crippen MR) is 56.0 cm³/mol. The Morgan fingerprint density at radius 1 is 1.50 bits per heavy atom. The molecule has 0 N–H and O–H groups in total. The van der Waals surface area contributed by atoms with E-state index in [1.807, 2.05) is 6.07 Å². The van der Waals surface area contributed by atoms with Gasteiger partial charge in [0.25, 0.3) is 0 Å². The van der Waals surface area contributed by atoms with E-state index in [2.05, 4.69) is 19.6 Å². The Hall–Kier alpha value is -1.75. The first-order chi connectivity index (χ1) is 6.71. The lowest BCUT2D eigenvalue weighted by Crippen LogP contribution is -1.92. The van der Waals surface area contributed by atoms with Gasteiger partial charge in [0, 0.05) is 5.92 Å². The summed E-state index contributed by atoms with van der Waals surface area (Å²) in [5.74, 6) is 0.659. The summed E-state index contributed by atoms with van der Waals surface area (Å²) in [5, 5.41) is 8.78. The average Bonchev–Trinajstić information content (AvgIpc) is 2.27. The zero-order chi connectivity index (χ0) is 10.6. The first kappa shape index (κ1) is 10.3. The molecule has 14 heavy (non-hydrogen) atoms. The lowest BCUT2D eigenvalue weighted by molar-refractivity contribution is 0.414. The van der Waals surface area contributed by atoms with Crippen LogP contribution in [-0.2, 0) is 0 Å². The largest absolute Gasteiger partial charge is 0.497 e. The Balaban J connectivity index is 3.18. The summed E-state index contributed by atoms with van der Waals surface area (Å²) in [6.45, 7) is 7.56. The molecule has 0 amide bonds. The summed E-state index contributed by atoms with van der Waals surface area (Å²) < 4.78 is 5.08. The van der Waals surface area contributed by atoms with E-state index in [4.69, 9.17) is 10.00 Å². The van der Waals surface area contributed by atoms with Crippen LogP contribution in [0.1, 0.15) is 17.0 Å². The van der Waals surface area contributed by atoms with Gasteiger partial charge in [0.05, 0.1) is 18.7 Å². The molecule has 0 aliphatic rings. The van der Waals surface area contributed by atoms with E-state index < -0.39 is 0 Å². The Morgan fingerprint density at radius 3 is 2.71 bits per heavy atom. The molecule has 1 unspecified atom stereocenters. The minimum absolute atomic E-state index is 0.0165. The normalized spacial score (nSPS) is 11.5. The fourth-order valence-corrected chi connectivity index (χ4v) is 1.15. The number of nitriles is 1. The van der Waals surface area contributed by atoms with E-state index in [1.165, 1.54) is 0 Å². The van der Waals surface area contributed by atoms with E-state index in [-0.39, 0.29) is 5.92 Å². The Kier molecular flexibility index (Phi) is 3.30. The fraction of sp³-hybridized carbons (Fsp3) is 0.167. The molecule has 0 saturated heterocycles. The van der Waals surface area contributed by atoms with E-state index in [9.17, 15) is 0 Å². The molecule has 0 bridgehead atoms. The topological polar surface area (TPSA) is 33.0 Å². The number of allylic oxidation sites excluding steroid dienone is 1. The molecule has 1 rings (SSSR count). The molecular formula is C12H12NO. The lowest BCUT2D eigenvalue weighted by atomic mass is 9.99. The first-order valence-corrected chi connectivity index (χ1v) is 4.26. The number of hydrogen-bond donors (Lipinski definition) is 0. The highest BCUT2D eigenvalue weighted by Crippen LogP contribution is 2.23. The Morgan fingerprint density at radius 2 is 2.21 bits per heavy atom. The van der Waals surface area contributed by atoms with Crippen LogP contribution in [0.2, 0.25) is 0 Å². The SMILES string of the molecule is [CH2]C(C=C)c1cc(C#N)cc(OC)c1. The zero-order valence-corrected chi connectivity index (χ0v) is 8.16. The minimum Gasteiger partial charge on any atom is -0.497 e. The number of rotatable bonds is 3. The van der Waals surface area contributed by atoms with Crippen LogP contribution in [-0.4, -0.2) is 7.11 Å². The molecular weight excluding hydrogens is 174 g/mol. The zero-order valence-electron chi connectivity index (χ0n) is 8.16. The maximum absolute atomic E-state index is 8.78. The van der Waals surface area contributed by atoms with Gasteiger partial charge in [-0.2, -0.15) is 5.26 Å². The van der Waals surface area contributed by atoms with E-state index in [1.54, 1.807) is 25.3 Å². The third kappa shape index (κ3) is 2.14. The number of ether oxygens (including phenoxy) is 1. The van der Waals surface area contributed by atoms with Gasteiger partial charge in [0.2, 0.25) is 0 Å². The lowest BCUT2D eigenvalue weighted by Gasteiger charge is -2.08. The maximum atomic E-state index is 8.78. The second-order valence-electron chi connectivity index (χ2n) is 2.95. The van der Waals surface area contributed by atoms with Crippen LogP contribution in [0, 0.1) is 18.3 Å². The predicted octanol–water partition coefficient (Wildman–Crippen LogP) is 2.67. The molecule has 0 aliphatic heterocycles. The highest BCUT2D eigenvalue weighted by molar-refractivity contribution is 5.43. The van der Waals surface area contributed by atoms with Gasteiger partial charge in [-0.3, -0.25) is 0 Å². The molecule has 0 saturated carbocycles. The standard InChI is InChI=1S/C12H12NO/c1-4-9(2)11-5-10(8-13)6-12(7-11)14-3/h4-7,9H,1-2H2,3H3. The third-order valence-corrected chi connectivity index (χ3v) is 2.01. The second-order valence-corrected chi connectivity index (χ2v) is 2.95. The van der Waals surface area contributed by atoms with Crippen molar-refractivity contribution in [1.29, 1.82) is 5.26 Å². The third-order valence-electron chi connectivity index (χ3n) is 2.01. The summed E-state index contributed by atoms with van der Waals surface area (Å²) >= 11 is 0. The van der Waals surface area contributed by atoms with Crippen molar-refractivity contribution in [2.24, 2.45) is 0 Å². The molecule has 1 aromatic carbocycles. The molecule has 0 heterocycles. The van der Waals surface area contributed by atoms with Crippen molar-refractivity contribution in [3.05, 3.63) is 48.9 Å². The number of methoxy groups -OCH3 is 1. The van der Waals surface area contributed by atoms with E-state index in [0.717, 1.165) is 5.56 Å². The van der Waals surface area contributed by atoms with Crippen LogP contribution < -0.4 is 4.74 Å². The van der Waals surface area contributed by atoms with Crippen LogP contribution in [0.4, 0.5) is 0 Å². The summed E-state index contributed by atoms with van der Waals surface area (Å²) in [7, 11) is 1.58. The van der Waals surface area contributed by atoms with Gasteiger partial charge >= 0.3 is 0 Å². The molecule has 0 aliphatic carbocycles. The van der Waals surface area contributed by atoms with Crippen LogP contribution in [0.5, 0.6) is 5.75 Å². The highest BCUT2D eigenvalue weighted by Gasteiger charge is 2.05. The summed E-state index contributed by atoms with van der Waals surface area (Å²) in [6.07, 6.45) is 1.73. The van der Waals surface area contributed by atoms with Gasteiger partial charge in [-0.1, -0.05) is 6.08 Å². The van der Waals surface area contributed by atoms with Crippen LogP contribution in [0.3, 0.4) is 0 Å². The molecule has 0 spiro atoms. The van der Waals surface area contributed by atoms with Crippen molar-refractivity contribution in [2.45, 2.75) is 5.92 Å². The van der Waals surface area contributed by atoms with Crippen LogP contribution >= 0.6 is 0 Å². The molecule has 0 aromatic heterocycles. The second kappa shape index (κ2) is 4.48. The van der Waals surface area contributed by atoms with Gasteiger partial charge in [-0.15, -0.1) is 6.58 Å². The smallest absolute Gasteiger partial charge is 0.120 e. The van der Waals surface area contributed by atoms with Crippen molar-refractivity contribution < 1.29 is 4.74 Å². The van der Waals surface area contributed by atoms with Crippen molar-refractivity contribution in [3.63, 3.8) is 0 Å². The summed E-state index contributed by atoms with van der Waals surface area (Å²) in [4.78, 5) is 0. The monoisotopic (exact) mass is 186 g/mol. The quantitative estimate of drug-likeness (QED) is 0.680. The average molecular weight is 186 g/mol. The summed E-state index contributed by atoms with van der Waals surface area (Å²) in [6, 6.07) is 7.43. The molecule has 1 radical (unpaired) electrons. The molecule has 0 fully saturated rings. The molecule has 1 atom stereocenters. The number of nitrogens with zero attached hydrogens (tertiary/aromatic N) is 1. The summed E-state index contributed by atoms with van der Waals surface area (Å²) in [5.41, 5.74) is 1.52. The van der Waals surface area contributed by atoms with Crippen molar-refractivity contribution in [1.82, 2.24) is 0 Å². The molecule has 1 aromatic rings. The van der Waals surface area contributed by atoms with Gasteiger partial charge in [-0.25, -0.2) is 0 Å². The van der Waals surface area contributed by atoms with Crippen molar-refractivity contribution in [3.8, 4) is 11.8 Å². The van der Waals surface area contributed by atoms with E-state index >= 15 is 0 Å². The molecule has 2 heteroatoms. The number of hydrogen-bond acceptors (Lipinski definition) is 2. The van der Waals surface area contributed by atoms with Crippen LogP contribution in [0.25, 0.3) is 0 Å². The number of benzene rings is 1. The van der Waals surface area contributed by atoms with Crippen molar-refractivity contribution in [2.75, 3.05) is 7.11 Å². The molecule has 2 nitrogen and oxygen atoms in total. The van der Waals surface area contributed by atoms with Gasteiger partial charge in [-0.05, 0) is 30.7 Å². The highest BCUT2D eigenvalue weighted by atomic mass is 16.5. The first-order valence-electron chi connectivity index (χ1n) is 4.26. The van der Waals surface area contributed by atoms with Crippen LogP contribution in [0.15, 0.2) is 30.9 Å². The Bertz CT molecular complexity index is 376.